The summed E-state index contributed by atoms with van der Waals surface area (Å²) in [4.78, 5) is 19.7. The van der Waals surface area contributed by atoms with Gasteiger partial charge in [0.25, 0.3) is 5.91 Å². The molecule has 1 aliphatic carbocycles. The van der Waals surface area contributed by atoms with Gasteiger partial charge in [0.1, 0.15) is 23.0 Å². The van der Waals surface area contributed by atoms with E-state index in [2.05, 4.69) is 16.8 Å². The molecular weight excluding hydrogens is 534 g/mol. The van der Waals surface area contributed by atoms with E-state index in [1.807, 2.05) is 6.92 Å². The predicted molar refractivity (Wildman–Crippen MR) is 149 cm³/mol. The number of pyridine rings is 1. The minimum atomic E-state index is -3.84. The number of carbonyl (C=O) groups is 1. The predicted octanol–water partition coefficient (Wildman–Crippen LogP) is 2.29. The molecule has 1 saturated carbocycles. The van der Waals surface area contributed by atoms with Crippen molar-refractivity contribution in [3.05, 3.63) is 47.7 Å². The summed E-state index contributed by atoms with van der Waals surface area (Å²) in [5.74, 6) is 5.84. The largest absolute Gasteiger partial charge is 0.497 e. The number of aromatic nitrogens is 1. The molecule has 1 amide bonds. The zero-order valence-corrected chi connectivity index (χ0v) is 24.1. The van der Waals surface area contributed by atoms with Crippen LogP contribution in [0.5, 0.6) is 11.6 Å². The van der Waals surface area contributed by atoms with E-state index in [1.165, 1.54) is 36.8 Å². The Bertz CT molecular complexity index is 1380. The monoisotopic (exact) mass is 571 g/mol. The van der Waals surface area contributed by atoms with E-state index >= 15 is 0 Å². The van der Waals surface area contributed by atoms with Crippen LogP contribution in [-0.4, -0.2) is 90.3 Å². The molecule has 1 aromatic heterocycles. The second-order valence-electron chi connectivity index (χ2n) is 10.6. The molecule has 11 heteroatoms. The smallest absolute Gasteiger partial charge is 0.259 e. The van der Waals surface area contributed by atoms with Crippen LogP contribution in [0.15, 0.2) is 41.4 Å². The zero-order chi connectivity index (χ0) is 29.1. The molecule has 4 rings (SSSR count). The fraction of sp³-hybridized carbons (Fsp3) is 0.517. The Labute approximate surface area is 236 Å². The van der Waals surface area contributed by atoms with E-state index < -0.39 is 27.8 Å². The third-order valence-corrected chi connectivity index (χ3v) is 9.43. The van der Waals surface area contributed by atoms with E-state index in [-0.39, 0.29) is 47.9 Å². The van der Waals surface area contributed by atoms with Crippen LogP contribution in [0.2, 0.25) is 0 Å². The summed E-state index contributed by atoms with van der Waals surface area (Å²) in [6, 6.07) is 7.23. The van der Waals surface area contributed by atoms with Gasteiger partial charge in [-0.25, -0.2) is 13.4 Å². The molecule has 0 bridgehead atoms. The van der Waals surface area contributed by atoms with Crippen LogP contribution in [0.3, 0.4) is 0 Å². The average molecular weight is 572 g/mol. The van der Waals surface area contributed by atoms with Gasteiger partial charge < -0.3 is 24.6 Å². The van der Waals surface area contributed by atoms with Crippen molar-refractivity contribution in [2.75, 3.05) is 33.9 Å². The second kappa shape index (κ2) is 12.1. The first kappa shape index (κ1) is 29.8. The van der Waals surface area contributed by atoms with Crippen LogP contribution in [-0.2, 0) is 10.0 Å². The number of rotatable bonds is 7. The van der Waals surface area contributed by atoms with E-state index in [0.717, 1.165) is 12.8 Å². The van der Waals surface area contributed by atoms with E-state index in [9.17, 15) is 23.4 Å². The second-order valence-corrected chi connectivity index (χ2v) is 12.7. The van der Waals surface area contributed by atoms with E-state index in [4.69, 9.17) is 9.47 Å². The minimum Gasteiger partial charge on any atom is -0.497 e. The highest BCUT2D eigenvalue weighted by atomic mass is 32.2. The number of methoxy groups -OCH3 is 1. The third kappa shape index (κ3) is 6.41. The first-order valence-electron chi connectivity index (χ1n) is 13.4. The number of hydrogen-bond acceptors (Lipinski definition) is 8. The summed E-state index contributed by atoms with van der Waals surface area (Å²) in [6.07, 6.45) is 3.87. The van der Waals surface area contributed by atoms with Crippen LogP contribution in [0.25, 0.3) is 0 Å². The standard InChI is InChI=1S/C29H37N3O7S/c1-20-17-32(21(2)19-33)28(34)25-15-22(11-14-29(35)12-5-6-13-29)16-30-27(25)39-26(20)18-31(3)40(36,37)24-9-7-23(38-4)8-10-24/h7-10,15-16,20-21,26,33,35H,5-6,12-13,17-19H2,1-4H3/t20-,21+,26-/m1/s1. The Balaban J connectivity index is 1.65. The average Bonchev–Trinajstić information content (AvgIpc) is 3.39. The molecule has 2 aliphatic rings. The highest BCUT2D eigenvalue weighted by Crippen LogP contribution is 2.30. The maximum atomic E-state index is 13.6. The molecule has 10 nitrogen and oxygen atoms in total. The first-order chi connectivity index (χ1) is 19.0. The third-order valence-electron chi connectivity index (χ3n) is 7.60. The Hall–Kier alpha value is -3.17. The Kier molecular flexibility index (Phi) is 9.05. The Morgan fingerprint density at radius 2 is 1.95 bits per heavy atom. The van der Waals surface area contributed by atoms with Gasteiger partial charge in [0.15, 0.2) is 0 Å². The number of aliphatic hydroxyl groups excluding tert-OH is 1. The number of benzene rings is 1. The van der Waals surface area contributed by atoms with Crippen molar-refractivity contribution in [1.29, 1.82) is 0 Å². The molecule has 1 aliphatic heterocycles. The molecule has 1 aromatic carbocycles. The molecule has 2 N–H and O–H groups in total. The Morgan fingerprint density at radius 3 is 2.58 bits per heavy atom. The highest BCUT2D eigenvalue weighted by molar-refractivity contribution is 7.89. The van der Waals surface area contributed by atoms with Crippen molar-refractivity contribution in [3.63, 3.8) is 0 Å². The lowest BCUT2D eigenvalue weighted by molar-refractivity contribution is 0.0373. The molecule has 3 atom stereocenters. The van der Waals surface area contributed by atoms with Gasteiger partial charge in [-0.1, -0.05) is 18.8 Å². The lowest BCUT2D eigenvalue weighted by atomic mass is 10.00. The maximum absolute atomic E-state index is 13.6. The topological polar surface area (TPSA) is 130 Å². The highest BCUT2D eigenvalue weighted by Gasteiger charge is 2.36. The van der Waals surface area contributed by atoms with Crippen LogP contribution >= 0.6 is 0 Å². The fourth-order valence-electron chi connectivity index (χ4n) is 4.94. The number of hydrogen-bond donors (Lipinski definition) is 2. The molecule has 2 heterocycles. The van der Waals surface area contributed by atoms with Gasteiger partial charge in [-0.3, -0.25) is 4.79 Å². The SMILES string of the molecule is COc1ccc(S(=O)(=O)N(C)C[C@H]2Oc3ncc(C#CC4(O)CCCC4)cc3C(=O)N([C@@H](C)CO)C[C@H]2C)cc1. The number of likely N-dealkylation sites (N-methyl/N-ethyl adjacent to an activating group) is 1. The van der Waals surface area contributed by atoms with Crippen molar-refractivity contribution >= 4 is 15.9 Å². The van der Waals surface area contributed by atoms with Crippen molar-refractivity contribution < 1.29 is 32.9 Å². The number of aliphatic hydroxyl groups is 2. The molecule has 2 aromatic rings. The van der Waals surface area contributed by atoms with Crippen molar-refractivity contribution in [2.45, 2.75) is 62.2 Å². The normalized spacial score (nSPS) is 21.5. The van der Waals surface area contributed by atoms with Crippen LogP contribution in [0.4, 0.5) is 0 Å². The van der Waals surface area contributed by atoms with Crippen LogP contribution < -0.4 is 9.47 Å². The van der Waals surface area contributed by atoms with E-state index in [1.54, 1.807) is 30.0 Å². The quantitative estimate of drug-likeness (QED) is 0.485. The summed E-state index contributed by atoms with van der Waals surface area (Å²) >= 11 is 0. The number of ether oxygens (including phenoxy) is 2. The van der Waals surface area contributed by atoms with Gasteiger partial charge in [0.05, 0.1) is 31.2 Å². The molecule has 0 saturated heterocycles. The van der Waals surface area contributed by atoms with Gasteiger partial charge in [-0.2, -0.15) is 4.31 Å². The number of nitrogens with zero attached hydrogens (tertiary/aromatic N) is 3. The van der Waals surface area contributed by atoms with Crippen molar-refractivity contribution in [3.8, 4) is 23.5 Å². The summed E-state index contributed by atoms with van der Waals surface area (Å²) < 4.78 is 39.2. The zero-order valence-electron chi connectivity index (χ0n) is 23.3. The fourth-order valence-corrected chi connectivity index (χ4v) is 6.12. The van der Waals surface area contributed by atoms with Gasteiger partial charge >= 0.3 is 0 Å². The maximum Gasteiger partial charge on any atom is 0.259 e. The Morgan fingerprint density at radius 1 is 1.27 bits per heavy atom. The van der Waals surface area contributed by atoms with Gasteiger partial charge in [0.2, 0.25) is 15.9 Å². The number of carbonyl (C=O) groups excluding carboxylic acids is 1. The molecule has 40 heavy (non-hydrogen) atoms. The van der Waals surface area contributed by atoms with Gasteiger partial charge in [-0.05, 0) is 62.9 Å². The van der Waals surface area contributed by atoms with Crippen molar-refractivity contribution in [2.24, 2.45) is 5.92 Å². The summed E-state index contributed by atoms with van der Waals surface area (Å²) in [5.41, 5.74) is -0.414. The van der Waals surface area contributed by atoms with Crippen molar-refractivity contribution in [1.82, 2.24) is 14.2 Å². The molecule has 0 radical (unpaired) electrons. The first-order valence-corrected chi connectivity index (χ1v) is 14.9. The number of amides is 1. The lowest BCUT2D eigenvalue weighted by Crippen LogP contribution is -2.50. The molecule has 0 spiro atoms. The lowest BCUT2D eigenvalue weighted by Gasteiger charge is -2.37. The van der Waals surface area contributed by atoms with Crippen LogP contribution in [0.1, 0.15) is 55.5 Å². The van der Waals surface area contributed by atoms with Crippen LogP contribution in [0, 0.1) is 17.8 Å². The summed E-state index contributed by atoms with van der Waals surface area (Å²) in [7, 11) is -0.854. The minimum absolute atomic E-state index is 0.000769. The summed E-state index contributed by atoms with van der Waals surface area (Å²) in [5, 5.41) is 20.5. The summed E-state index contributed by atoms with van der Waals surface area (Å²) in [6.45, 7) is 3.60. The number of fused-ring (bicyclic) bond motifs is 1. The van der Waals surface area contributed by atoms with Gasteiger partial charge in [0, 0.05) is 31.3 Å². The molecule has 1 fully saturated rings. The van der Waals surface area contributed by atoms with Gasteiger partial charge in [-0.15, -0.1) is 0 Å². The molecule has 216 valence electrons. The number of sulfonamides is 1. The molecular formula is C29H37N3O7S. The molecule has 0 unspecified atom stereocenters. The van der Waals surface area contributed by atoms with E-state index in [0.29, 0.717) is 24.2 Å².